The van der Waals surface area contributed by atoms with Crippen molar-refractivity contribution >= 4 is 33.3 Å². The van der Waals surface area contributed by atoms with Crippen LogP contribution >= 0.6 is 0 Å². The number of carboxylic acid groups (broad SMARTS) is 1. The second kappa shape index (κ2) is 8.59. The Balaban J connectivity index is 1.74. The van der Waals surface area contributed by atoms with E-state index in [0.29, 0.717) is 5.69 Å². The predicted molar refractivity (Wildman–Crippen MR) is 107 cm³/mol. The van der Waals surface area contributed by atoms with Crippen molar-refractivity contribution in [1.82, 2.24) is 0 Å². The first-order valence-corrected chi connectivity index (χ1v) is 9.70. The highest BCUT2D eigenvalue weighted by Gasteiger charge is 2.09. The molecule has 11 heteroatoms. The quantitative estimate of drug-likeness (QED) is 0.368. The van der Waals surface area contributed by atoms with Gasteiger partial charge in [0.15, 0.2) is 0 Å². The van der Waals surface area contributed by atoms with Crippen LogP contribution < -0.4 is 0 Å². The first-order valence-electron chi connectivity index (χ1n) is 8.30. The van der Waals surface area contributed by atoms with Gasteiger partial charge in [0, 0.05) is 0 Å². The van der Waals surface area contributed by atoms with E-state index in [1.165, 1.54) is 18.2 Å². The number of carboxylic acids is 1. The molecule has 0 fully saturated rings. The number of carbonyl (C=O) groups is 1. The van der Waals surface area contributed by atoms with E-state index < -0.39 is 16.3 Å². The SMILES string of the molecule is O=C(O)c1cc(N=Nc2ccc(-c3ccc(N=NS(=O)(=O)O)cc3)cc2)ccc1O. The smallest absolute Gasteiger partial charge is 0.396 e. The first-order chi connectivity index (χ1) is 14.2. The van der Waals surface area contributed by atoms with Crippen molar-refractivity contribution in [3.8, 4) is 16.9 Å². The number of aromatic hydroxyl groups is 1. The Kier molecular flexibility index (Phi) is 5.95. The van der Waals surface area contributed by atoms with E-state index in [1.807, 2.05) is 0 Å². The lowest BCUT2D eigenvalue weighted by Crippen LogP contribution is -1.95. The third kappa shape index (κ3) is 5.53. The maximum absolute atomic E-state index is 11.0. The van der Waals surface area contributed by atoms with E-state index >= 15 is 0 Å². The second-order valence-electron chi connectivity index (χ2n) is 5.93. The monoisotopic (exact) mass is 426 g/mol. The number of nitrogens with zero attached hydrogens (tertiary/aromatic N) is 4. The lowest BCUT2D eigenvalue weighted by Gasteiger charge is -2.03. The molecule has 0 heterocycles. The number of hydrogen-bond donors (Lipinski definition) is 3. The molecule has 152 valence electrons. The van der Waals surface area contributed by atoms with Crippen LogP contribution in [-0.4, -0.2) is 29.2 Å². The molecule has 0 aliphatic carbocycles. The Morgan fingerprint density at radius 1 is 0.733 bits per heavy atom. The van der Waals surface area contributed by atoms with Gasteiger partial charge in [-0.15, -0.1) is 5.11 Å². The van der Waals surface area contributed by atoms with E-state index in [2.05, 4.69) is 19.9 Å². The van der Waals surface area contributed by atoms with Gasteiger partial charge in [-0.25, -0.2) is 4.79 Å². The van der Waals surface area contributed by atoms with Crippen LogP contribution in [0.5, 0.6) is 5.75 Å². The van der Waals surface area contributed by atoms with Crippen LogP contribution in [0.4, 0.5) is 17.1 Å². The maximum atomic E-state index is 11.0. The lowest BCUT2D eigenvalue weighted by molar-refractivity contribution is 0.0693. The second-order valence-corrected chi connectivity index (χ2v) is 6.99. The van der Waals surface area contributed by atoms with E-state index in [9.17, 15) is 18.3 Å². The van der Waals surface area contributed by atoms with Gasteiger partial charge in [-0.3, -0.25) is 4.55 Å². The summed E-state index contributed by atoms with van der Waals surface area (Å²) in [6, 6.07) is 17.4. The van der Waals surface area contributed by atoms with E-state index in [4.69, 9.17) is 9.66 Å². The van der Waals surface area contributed by atoms with Crippen molar-refractivity contribution in [3.05, 3.63) is 72.3 Å². The average molecular weight is 426 g/mol. The topological polar surface area (TPSA) is 161 Å². The number of phenols is 1. The Morgan fingerprint density at radius 3 is 1.70 bits per heavy atom. The van der Waals surface area contributed by atoms with Gasteiger partial charge in [-0.2, -0.15) is 18.6 Å². The van der Waals surface area contributed by atoms with Crippen molar-refractivity contribution in [2.45, 2.75) is 0 Å². The zero-order chi connectivity index (χ0) is 21.7. The van der Waals surface area contributed by atoms with Gasteiger partial charge in [0.05, 0.1) is 17.1 Å². The molecule has 0 radical (unpaired) electrons. The molecule has 0 bridgehead atoms. The summed E-state index contributed by atoms with van der Waals surface area (Å²) in [7, 11) is -4.53. The third-order valence-corrected chi connectivity index (χ3v) is 4.11. The molecule has 0 atom stereocenters. The molecular weight excluding hydrogens is 412 g/mol. The summed E-state index contributed by atoms with van der Waals surface area (Å²) in [5.74, 6) is -1.62. The van der Waals surface area contributed by atoms with Crippen molar-refractivity contribution in [1.29, 1.82) is 0 Å². The highest BCUT2D eigenvalue weighted by atomic mass is 32.2. The minimum Gasteiger partial charge on any atom is -0.507 e. The Hall–Kier alpha value is -3.96. The molecule has 10 nitrogen and oxygen atoms in total. The van der Waals surface area contributed by atoms with Crippen LogP contribution in [0.15, 0.2) is 86.6 Å². The molecule has 3 N–H and O–H groups in total. The van der Waals surface area contributed by atoms with Gasteiger partial charge in [0.1, 0.15) is 11.3 Å². The number of benzene rings is 3. The van der Waals surface area contributed by atoms with E-state index in [0.717, 1.165) is 11.1 Å². The molecule has 3 aromatic rings. The van der Waals surface area contributed by atoms with Gasteiger partial charge in [-0.1, -0.05) is 24.3 Å². The Labute approximate surface area is 170 Å². The van der Waals surface area contributed by atoms with Crippen molar-refractivity contribution in [2.75, 3.05) is 0 Å². The van der Waals surface area contributed by atoms with Crippen LogP contribution in [0.1, 0.15) is 10.4 Å². The van der Waals surface area contributed by atoms with Gasteiger partial charge in [0.25, 0.3) is 0 Å². The zero-order valence-electron chi connectivity index (χ0n) is 15.1. The largest absolute Gasteiger partial charge is 0.507 e. The van der Waals surface area contributed by atoms with Crippen LogP contribution in [0, 0.1) is 0 Å². The van der Waals surface area contributed by atoms with Gasteiger partial charge >= 0.3 is 16.3 Å². The highest BCUT2D eigenvalue weighted by molar-refractivity contribution is 7.84. The van der Waals surface area contributed by atoms with E-state index in [1.54, 1.807) is 48.5 Å². The molecule has 3 rings (SSSR count). The number of aromatic carboxylic acids is 1. The van der Waals surface area contributed by atoms with Crippen molar-refractivity contribution < 1.29 is 28.0 Å². The standard InChI is InChI=1S/C19H14N4O6S/c24-18-10-9-16(11-17(18)19(25)26)21-20-14-5-1-12(2-6-14)13-3-7-15(8-4-13)22-23-30(27,28)29/h1-11,24H,(H,25,26)(H,27,28,29). The van der Waals surface area contributed by atoms with Crippen LogP contribution in [0.25, 0.3) is 11.1 Å². The van der Waals surface area contributed by atoms with Gasteiger partial charge < -0.3 is 10.2 Å². The summed E-state index contributed by atoms with van der Waals surface area (Å²) in [4.78, 5) is 11.0. The number of azo groups is 1. The summed E-state index contributed by atoms with van der Waals surface area (Å²) in [6.45, 7) is 0. The molecule has 30 heavy (non-hydrogen) atoms. The molecule has 0 amide bonds. The van der Waals surface area contributed by atoms with Crippen LogP contribution in [0.2, 0.25) is 0 Å². The fourth-order valence-corrected chi connectivity index (χ4v) is 2.61. The molecule has 0 aliphatic heterocycles. The Morgan fingerprint density at radius 2 is 1.20 bits per heavy atom. The maximum Gasteiger partial charge on any atom is 0.396 e. The summed E-state index contributed by atoms with van der Waals surface area (Å²) >= 11 is 0. The highest BCUT2D eigenvalue weighted by Crippen LogP contribution is 2.27. The summed E-state index contributed by atoms with van der Waals surface area (Å²) in [5, 5.41) is 30.0. The summed E-state index contributed by atoms with van der Waals surface area (Å²) < 4.78 is 32.5. The molecule has 0 aliphatic rings. The first kappa shape index (κ1) is 20.8. The minimum absolute atomic E-state index is 0.261. The third-order valence-electron chi connectivity index (χ3n) is 3.82. The van der Waals surface area contributed by atoms with E-state index in [-0.39, 0.29) is 22.7 Å². The minimum atomic E-state index is -4.53. The fraction of sp³-hybridized carbons (Fsp3) is 0. The molecule has 0 spiro atoms. The fourth-order valence-electron chi connectivity index (χ4n) is 2.41. The number of hydrogen-bond acceptors (Lipinski definition) is 7. The molecular formula is C19H14N4O6S. The molecule has 0 unspecified atom stereocenters. The molecule has 0 aromatic heterocycles. The van der Waals surface area contributed by atoms with Crippen molar-refractivity contribution in [3.63, 3.8) is 0 Å². The Bertz CT molecular complexity index is 1240. The molecule has 0 saturated heterocycles. The normalized spacial score (nSPS) is 11.9. The molecule has 3 aromatic carbocycles. The molecule has 0 saturated carbocycles. The van der Waals surface area contributed by atoms with Gasteiger partial charge in [0.2, 0.25) is 0 Å². The van der Waals surface area contributed by atoms with Crippen LogP contribution in [0.3, 0.4) is 0 Å². The average Bonchev–Trinajstić information content (AvgIpc) is 2.72. The van der Waals surface area contributed by atoms with Crippen molar-refractivity contribution in [2.24, 2.45) is 19.9 Å². The van der Waals surface area contributed by atoms with Crippen LogP contribution in [-0.2, 0) is 10.3 Å². The summed E-state index contributed by atoms with van der Waals surface area (Å²) in [6.07, 6.45) is 0. The number of rotatable bonds is 6. The van der Waals surface area contributed by atoms with Gasteiger partial charge in [-0.05, 0) is 58.1 Å². The predicted octanol–water partition coefficient (Wildman–Crippen LogP) is 5.06. The zero-order valence-corrected chi connectivity index (χ0v) is 15.9. The lowest BCUT2D eigenvalue weighted by atomic mass is 10.1. The summed E-state index contributed by atoms with van der Waals surface area (Å²) in [5.41, 5.74) is 2.49.